The van der Waals surface area contributed by atoms with Crippen LogP contribution in [0.3, 0.4) is 0 Å². The molecule has 2 heterocycles. The van der Waals surface area contributed by atoms with Crippen molar-refractivity contribution in [1.82, 2.24) is 15.1 Å². The van der Waals surface area contributed by atoms with Crippen LogP contribution in [0.2, 0.25) is 0 Å². The maximum atomic E-state index is 13.6. The fourth-order valence-electron chi connectivity index (χ4n) is 4.30. The van der Waals surface area contributed by atoms with Crippen LogP contribution < -0.4 is 10.1 Å². The van der Waals surface area contributed by atoms with E-state index in [0.717, 1.165) is 16.8 Å². The normalized spacial score (nSPS) is 19.0. The van der Waals surface area contributed by atoms with Crippen LogP contribution in [0.25, 0.3) is 0 Å². The lowest BCUT2D eigenvalue weighted by Crippen LogP contribution is -2.47. The van der Waals surface area contributed by atoms with Crippen molar-refractivity contribution in [3.63, 3.8) is 0 Å². The molecule has 0 saturated carbocycles. The molecular formula is C27H31N3O3. The van der Waals surface area contributed by atoms with Crippen LogP contribution in [-0.2, 0) is 11.4 Å². The molecule has 0 saturated heterocycles. The van der Waals surface area contributed by atoms with E-state index in [-0.39, 0.29) is 18.0 Å². The lowest BCUT2D eigenvalue weighted by atomic mass is 9.95. The van der Waals surface area contributed by atoms with Gasteiger partial charge in [0.2, 0.25) is 0 Å². The van der Waals surface area contributed by atoms with Crippen molar-refractivity contribution in [1.29, 1.82) is 0 Å². The minimum atomic E-state index is -0.522. The Morgan fingerprint density at radius 1 is 1.12 bits per heavy atom. The summed E-state index contributed by atoms with van der Waals surface area (Å²) in [7, 11) is 0. The Morgan fingerprint density at radius 2 is 1.88 bits per heavy atom. The number of nitrogens with one attached hydrogen (secondary N) is 1. The summed E-state index contributed by atoms with van der Waals surface area (Å²) in [6.45, 7) is 11.3. The summed E-state index contributed by atoms with van der Waals surface area (Å²) < 4.78 is 5.99. The first-order chi connectivity index (χ1) is 15.9. The number of benzene rings is 2. The quantitative estimate of drug-likeness (QED) is 0.601. The van der Waals surface area contributed by atoms with Crippen LogP contribution >= 0.6 is 0 Å². The molecule has 0 spiro atoms. The molecule has 4 rings (SSSR count). The Balaban J connectivity index is 1.65. The molecule has 6 heteroatoms. The van der Waals surface area contributed by atoms with Gasteiger partial charge < -0.3 is 15.0 Å². The molecule has 2 aliphatic heterocycles. The van der Waals surface area contributed by atoms with Crippen molar-refractivity contribution in [2.24, 2.45) is 5.92 Å². The van der Waals surface area contributed by atoms with Crippen LogP contribution in [0.1, 0.15) is 37.9 Å². The molecule has 1 N–H and O–H groups in total. The Kier molecular flexibility index (Phi) is 6.54. The number of rotatable bonds is 8. The third kappa shape index (κ3) is 4.51. The predicted octanol–water partition coefficient (Wildman–Crippen LogP) is 4.66. The maximum Gasteiger partial charge on any atom is 0.322 e. The van der Waals surface area contributed by atoms with E-state index in [1.165, 1.54) is 0 Å². The SMILES string of the molecule is C=CCN1C(=O)NC(c2cccc(OCc3ccccc3)c2)C2=C1CN(C(C)C(C)C)C2=O. The van der Waals surface area contributed by atoms with Gasteiger partial charge in [-0.25, -0.2) is 4.79 Å². The molecule has 0 aromatic heterocycles. The van der Waals surface area contributed by atoms with Gasteiger partial charge in [-0.05, 0) is 36.1 Å². The number of urea groups is 1. The van der Waals surface area contributed by atoms with Gasteiger partial charge >= 0.3 is 6.03 Å². The standard InChI is InChI=1S/C27H31N3O3/c1-5-14-29-23-16-30(19(4)18(2)3)26(31)24(23)25(28-27(29)32)21-12-9-13-22(15-21)33-17-20-10-7-6-8-11-20/h5-13,15,18-19,25H,1,14,16-17H2,2-4H3,(H,28,32). The lowest BCUT2D eigenvalue weighted by molar-refractivity contribution is -0.128. The summed E-state index contributed by atoms with van der Waals surface area (Å²) in [4.78, 5) is 30.0. The number of amides is 3. The molecule has 2 aromatic rings. The summed E-state index contributed by atoms with van der Waals surface area (Å²) in [6, 6.07) is 16.9. The zero-order chi connectivity index (χ0) is 23.5. The first kappa shape index (κ1) is 22.6. The number of carbonyl (C=O) groups excluding carboxylic acids is 2. The fourth-order valence-corrected chi connectivity index (χ4v) is 4.30. The number of carbonyl (C=O) groups is 2. The second kappa shape index (κ2) is 9.53. The number of nitrogens with zero attached hydrogens (tertiary/aromatic N) is 2. The third-order valence-corrected chi connectivity index (χ3v) is 6.46. The van der Waals surface area contributed by atoms with Crippen molar-refractivity contribution >= 4 is 11.9 Å². The van der Waals surface area contributed by atoms with Crippen molar-refractivity contribution in [2.45, 2.75) is 39.5 Å². The minimum Gasteiger partial charge on any atom is -0.489 e. The molecule has 2 aromatic carbocycles. The highest BCUT2D eigenvalue weighted by Gasteiger charge is 2.45. The Bertz CT molecular complexity index is 1080. The summed E-state index contributed by atoms with van der Waals surface area (Å²) in [6.07, 6.45) is 1.68. The molecular weight excluding hydrogens is 414 g/mol. The average molecular weight is 446 g/mol. The van der Waals surface area contributed by atoms with Gasteiger partial charge in [0, 0.05) is 12.6 Å². The molecule has 6 nitrogen and oxygen atoms in total. The molecule has 2 unspecified atom stereocenters. The van der Waals surface area contributed by atoms with Gasteiger partial charge in [-0.3, -0.25) is 9.69 Å². The van der Waals surface area contributed by atoms with Crippen molar-refractivity contribution in [3.05, 3.63) is 89.6 Å². The van der Waals surface area contributed by atoms with Gasteiger partial charge in [-0.15, -0.1) is 6.58 Å². The van der Waals surface area contributed by atoms with Crippen LogP contribution in [0.4, 0.5) is 4.79 Å². The molecule has 3 amide bonds. The van der Waals surface area contributed by atoms with E-state index >= 15 is 0 Å². The molecule has 2 aliphatic rings. The molecule has 0 fully saturated rings. The van der Waals surface area contributed by atoms with Gasteiger partial charge in [0.1, 0.15) is 12.4 Å². The topological polar surface area (TPSA) is 61.9 Å². The molecule has 2 atom stereocenters. The van der Waals surface area contributed by atoms with Crippen molar-refractivity contribution in [2.75, 3.05) is 13.1 Å². The lowest BCUT2D eigenvalue weighted by Gasteiger charge is -2.33. The second-order valence-electron chi connectivity index (χ2n) is 8.91. The van der Waals surface area contributed by atoms with Crippen LogP contribution in [0, 0.1) is 5.92 Å². The van der Waals surface area contributed by atoms with Gasteiger partial charge in [0.05, 0.1) is 23.9 Å². The zero-order valence-electron chi connectivity index (χ0n) is 19.5. The maximum absolute atomic E-state index is 13.6. The monoisotopic (exact) mass is 445 g/mol. The van der Waals surface area contributed by atoms with Gasteiger partial charge in [0.15, 0.2) is 0 Å². The molecule has 0 bridgehead atoms. The number of hydrogen-bond donors (Lipinski definition) is 1. The Labute approximate surface area is 195 Å². The summed E-state index contributed by atoms with van der Waals surface area (Å²) in [5.74, 6) is 0.972. The fraction of sp³-hybridized carbons (Fsp3) is 0.333. The van der Waals surface area contributed by atoms with Gasteiger partial charge in [-0.2, -0.15) is 0 Å². The van der Waals surface area contributed by atoms with E-state index in [1.54, 1.807) is 11.0 Å². The first-order valence-corrected chi connectivity index (χ1v) is 11.4. The van der Waals surface area contributed by atoms with Crippen molar-refractivity contribution < 1.29 is 14.3 Å². The van der Waals surface area contributed by atoms with Gasteiger partial charge in [-0.1, -0.05) is 62.4 Å². The third-order valence-electron chi connectivity index (χ3n) is 6.46. The van der Waals surface area contributed by atoms with E-state index in [2.05, 4.69) is 32.7 Å². The highest BCUT2D eigenvalue weighted by Crippen LogP contribution is 2.38. The first-order valence-electron chi connectivity index (χ1n) is 11.4. The van der Waals surface area contributed by atoms with E-state index in [0.29, 0.717) is 36.9 Å². The highest BCUT2D eigenvalue weighted by molar-refractivity contribution is 6.01. The molecule has 0 aliphatic carbocycles. The largest absolute Gasteiger partial charge is 0.489 e. The van der Waals surface area contributed by atoms with Crippen LogP contribution in [-0.4, -0.2) is 40.9 Å². The minimum absolute atomic E-state index is 0.0270. The second-order valence-corrected chi connectivity index (χ2v) is 8.91. The van der Waals surface area contributed by atoms with E-state index < -0.39 is 6.04 Å². The summed E-state index contributed by atoms with van der Waals surface area (Å²) in [5.41, 5.74) is 3.29. The highest BCUT2D eigenvalue weighted by atomic mass is 16.5. The van der Waals surface area contributed by atoms with E-state index in [9.17, 15) is 9.59 Å². The average Bonchev–Trinajstić information content (AvgIpc) is 3.16. The zero-order valence-corrected chi connectivity index (χ0v) is 19.5. The van der Waals surface area contributed by atoms with Crippen molar-refractivity contribution in [3.8, 4) is 5.75 Å². The molecule has 172 valence electrons. The van der Waals surface area contributed by atoms with E-state index in [1.807, 2.05) is 59.5 Å². The van der Waals surface area contributed by atoms with E-state index in [4.69, 9.17) is 4.74 Å². The van der Waals surface area contributed by atoms with Crippen LogP contribution in [0.15, 0.2) is 78.5 Å². The smallest absolute Gasteiger partial charge is 0.322 e. The Hall–Kier alpha value is -3.54. The van der Waals surface area contributed by atoms with Gasteiger partial charge in [0.25, 0.3) is 5.91 Å². The Morgan fingerprint density at radius 3 is 2.58 bits per heavy atom. The number of hydrogen-bond acceptors (Lipinski definition) is 3. The summed E-state index contributed by atoms with van der Waals surface area (Å²) >= 11 is 0. The summed E-state index contributed by atoms with van der Waals surface area (Å²) in [5, 5.41) is 3.04. The predicted molar refractivity (Wildman–Crippen MR) is 128 cm³/mol. The molecule has 33 heavy (non-hydrogen) atoms. The van der Waals surface area contributed by atoms with Crippen LogP contribution in [0.5, 0.6) is 5.75 Å². The molecule has 0 radical (unpaired) electrons. The number of ether oxygens (including phenoxy) is 1.